The molecule has 70 valence electrons. The van der Waals surface area contributed by atoms with Crippen molar-refractivity contribution in [2.45, 2.75) is 32.9 Å². The summed E-state index contributed by atoms with van der Waals surface area (Å²) >= 11 is 0. The van der Waals surface area contributed by atoms with Gasteiger partial charge in [-0.05, 0) is 6.42 Å². The van der Waals surface area contributed by atoms with E-state index in [2.05, 4.69) is 21.0 Å². The van der Waals surface area contributed by atoms with E-state index >= 15 is 0 Å². The van der Waals surface area contributed by atoms with Crippen molar-refractivity contribution < 1.29 is 22.0 Å². The summed E-state index contributed by atoms with van der Waals surface area (Å²) in [7, 11) is 4.11. The summed E-state index contributed by atoms with van der Waals surface area (Å²) in [6.07, 6.45) is 2.15. The van der Waals surface area contributed by atoms with Crippen LogP contribution in [0.1, 0.15) is 26.7 Å². The Kier molecular flexibility index (Phi) is 7.28. The van der Waals surface area contributed by atoms with Gasteiger partial charge in [0.2, 0.25) is 0 Å². The third-order valence-electron chi connectivity index (χ3n) is 2.10. The molecule has 0 fully saturated rings. The first-order valence-electron chi connectivity index (χ1n) is 4.01. The van der Waals surface area contributed by atoms with Crippen LogP contribution in [0, 0.1) is 0 Å². The minimum atomic E-state index is -0.244. The zero-order valence-corrected chi connectivity index (χ0v) is 8.73. The molecule has 1 N–H and O–H groups in total. The molecule has 1 unspecified atom stereocenters. The molecule has 1 atom stereocenters. The molecule has 0 saturated heterocycles. The number of hydrogen-bond donors (Lipinski definition) is 1. The molecule has 3 heteroatoms. The van der Waals surface area contributed by atoms with Gasteiger partial charge in [0.05, 0.1) is 20.6 Å². The van der Waals surface area contributed by atoms with Crippen molar-refractivity contribution in [1.29, 1.82) is 0 Å². The van der Waals surface area contributed by atoms with Gasteiger partial charge in [-0.1, -0.05) is 13.3 Å². The van der Waals surface area contributed by atoms with Gasteiger partial charge in [-0.15, -0.1) is 0 Å². The van der Waals surface area contributed by atoms with E-state index in [1.807, 2.05) is 6.92 Å². The molecular formula is C8H20ClNO. The van der Waals surface area contributed by atoms with E-state index in [1.165, 1.54) is 12.8 Å². The second-order valence-corrected chi connectivity index (χ2v) is 3.49. The number of aliphatic hydroxyl groups excluding tert-OH is 1. The lowest BCUT2D eigenvalue weighted by atomic mass is 10.3. The van der Waals surface area contributed by atoms with Gasteiger partial charge in [0.1, 0.15) is 0 Å². The monoisotopic (exact) mass is 181 g/mol. The smallest absolute Gasteiger partial charge is 0.187 e. The molecule has 0 aromatic heterocycles. The third kappa shape index (κ3) is 5.48. The number of unbranched alkanes of at least 4 members (excludes halogenated alkanes) is 1. The predicted octanol–water partition coefficient (Wildman–Crippen LogP) is -1.79. The lowest BCUT2D eigenvalue weighted by molar-refractivity contribution is -0.934. The quantitative estimate of drug-likeness (QED) is 0.401. The third-order valence-corrected chi connectivity index (χ3v) is 2.10. The van der Waals surface area contributed by atoms with E-state index in [1.54, 1.807) is 0 Å². The van der Waals surface area contributed by atoms with Gasteiger partial charge < -0.3 is 22.0 Å². The van der Waals surface area contributed by atoms with Crippen molar-refractivity contribution in [2.24, 2.45) is 0 Å². The summed E-state index contributed by atoms with van der Waals surface area (Å²) in [4.78, 5) is 0. The van der Waals surface area contributed by atoms with Gasteiger partial charge in [-0.3, -0.25) is 0 Å². The standard InChI is InChI=1S/C8H20NO.ClH/c1-5-6-7-9(3,4)8(2)10;/h8,10H,5-7H2,1-4H3;1H/q+1;/p-1. The second-order valence-electron chi connectivity index (χ2n) is 3.49. The molecule has 0 spiro atoms. The van der Waals surface area contributed by atoms with E-state index in [0.29, 0.717) is 4.48 Å². The van der Waals surface area contributed by atoms with Crippen LogP contribution in [-0.2, 0) is 0 Å². The van der Waals surface area contributed by atoms with Crippen LogP contribution < -0.4 is 12.4 Å². The highest BCUT2D eigenvalue weighted by Gasteiger charge is 2.19. The Morgan fingerprint density at radius 1 is 1.36 bits per heavy atom. The summed E-state index contributed by atoms with van der Waals surface area (Å²) < 4.78 is 0.716. The Labute approximate surface area is 76.2 Å². The molecule has 2 nitrogen and oxygen atoms in total. The van der Waals surface area contributed by atoms with Crippen LogP contribution >= 0.6 is 0 Å². The molecule has 0 rings (SSSR count). The number of quaternary nitrogens is 1. The fraction of sp³-hybridized carbons (Fsp3) is 1.00. The SMILES string of the molecule is CCCC[N+](C)(C)C(C)O.[Cl-]. The van der Waals surface area contributed by atoms with E-state index in [0.717, 1.165) is 6.54 Å². The molecule has 0 aliphatic carbocycles. The Balaban J connectivity index is 0. The second kappa shape index (κ2) is 5.81. The van der Waals surface area contributed by atoms with Crippen molar-refractivity contribution >= 4 is 0 Å². The van der Waals surface area contributed by atoms with Crippen molar-refractivity contribution in [3.05, 3.63) is 0 Å². The molecule has 0 bridgehead atoms. The Hall–Kier alpha value is 0.210. The van der Waals surface area contributed by atoms with Gasteiger partial charge in [0.15, 0.2) is 6.23 Å². The number of halogens is 1. The number of hydrogen-bond acceptors (Lipinski definition) is 1. The summed E-state index contributed by atoms with van der Waals surface area (Å²) in [5.41, 5.74) is 0. The molecule has 11 heavy (non-hydrogen) atoms. The maximum absolute atomic E-state index is 9.28. The Morgan fingerprint density at radius 2 is 1.82 bits per heavy atom. The molecule has 0 aromatic rings. The van der Waals surface area contributed by atoms with Gasteiger partial charge in [-0.25, -0.2) is 0 Å². The van der Waals surface area contributed by atoms with Crippen LogP contribution in [0.5, 0.6) is 0 Å². The largest absolute Gasteiger partial charge is 1.00 e. The molecular weight excluding hydrogens is 162 g/mol. The first-order chi connectivity index (χ1) is 4.50. The van der Waals surface area contributed by atoms with E-state index in [4.69, 9.17) is 0 Å². The zero-order valence-electron chi connectivity index (χ0n) is 7.97. The minimum Gasteiger partial charge on any atom is -1.00 e. The average Bonchev–Trinajstić information content (AvgIpc) is 1.84. The average molecular weight is 182 g/mol. The molecule has 0 aliphatic heterocycles. The zero-order chi connectivity index (χ0) is 8.20. The van der Waals surface area contributed by atoms with Crippen LogP contribution in [0.15, 0.2) is 0 Å². The van der Waals surface area contributed by atoms with Crippen LogP contribution in [-0.4, -0.2) is 36.5 Å². The molecule has 0 aliphatic rings. The van der Waals surface area contributed by atoms with E-state index < -0.39 is 0 Å². The number of aliphatic hydroxyl groups is 1. The summed E-state index contributed by atoms with van der Waals surface area (Å²) in [6, 6.07) is 0. The fourth-order valence-corrected chi connectivity index (χ4v) is 0.752. The summed E-state index contributed by atoms with van der Waals surface area (Å²) in [6.45, 7) is 5.08. The maximum Gasteiger partial charge on any atom is 0.187 e. The first kappa shape index (κ1) is 13.8. The highest BCUT2D eigenvalue weighted by Crippen LogP contribution is 2.05. The van der Waals surface area contributed by atoms with Crippen LogP contribution in [0.3, 0.4) is 0 Å². The first-order valence-corrected chi connectivity index (χ1v) is 4.01. The Bertz CT molecular complexity index is 94.1. The van der Waals surface area contributed by atoms with Gasteiger partial charge >= 0.3 is 0 Å². The van der Waals surface area contributed by atoms with Crippen molar-refractivity contribution in [3.8, 4) is 0 Å². The minimum absolute atomic E-state index is 0. The van der Waals surface area contributed by atoms with Crippen LogP contribution in [0.25, 0.3) is 0 Å². The fourth-order valence-electron chi connectivity index (χ4n) is 0.752. The Morgan fingerprint density at radius 3 is 2.09 bits per heavy atom. The van der Waals surface area contributed by atoms with E-state index in [-0.39, 0.29) is 18.6 Å². The summed E-state index contributed by atoms with van der Waals surface area (Å²) in [5, 5.41) is 9.28. The molecule has 0 amide bonds. The number of nitrogens with zero attached hydrogens (tertiary/aromatic N) is 1. The predicted molar refractivity (Wildman–Crippen MR) is 43.6 cm³/mol. The molecule has 0 heterocycles. The van der Waals surface area contributed by atoms with E-state index in [9.17, 15) is 5.11 Å². The number of rotatable bonds is 4. The van der Waals surface area contributed by atoms with Gasteiger partial charge in [-0.2, -0.15) is 0 Å². The van der Waals surface area contributed by atoms with Crippen LogP contribution in [0.2, 0.25) is 0 Å². The lowest BCUT2D eigenvalue weighted by Crippen LogP contribution is -3.00. The van der Waals surface area contributed by atoms with Crippen molar-refractivity contribution in [1.82, 2.24) is 0 Å². The van der Waals surface area contributed by atoms with Gasteiger partial charge in [0.25, 0.3) is 0 Å². The lowest BCUT2D eigenvalue weighted by Gasteiger charge is -2.32. The van der Waals surface area contributed by atoms with Gasteiger partial charge in [0, 0.05) is 6.92 Å². The van der Waals surface area contributed by atoms with Crippen molar-refractivity contribution in [2.75, 3.05) is 20.6 Å². The molecule has 0 aromatic carbocycles. The highest BCUT2D eigenvalue weighted by atomic mass is 35.5. The molecule has 0 radical (unpaired) electrons. The highest BCUT2D eigenvalue weighted by molar-refractivity contribution is 4.35. The molecule has 0 saturated carbocycles. The topological polar surface area (TPSA) is 20.2 Å². The summed E-state index contributed by atoms with van der Waals surface area (Å²) in [5.74, 6) is 0. The van der Waals surface area contributed by atoms with Crippen molar-refractivity contribution in [3.63, 3.8) is 0 Å². The van der Waals surface area contributed by atoms with Crippen LogP contribution in [0.4, 0.5) is 0 Å². The maximum atomic E-state index is 9.28. The normalized spacial score (nSPS) is 13.9.